The fourth-order valence-corrected chi connectivity index (χ4v) is 2.81. The lowest BCUT2D eigenvalue weighted by molar-refractivity contribution is -0.135. The molecule has 2 aromatic rings. The van der Waals surface area contributed by atoms with Crippen molar-refractivity contribution in [1.82, 2.24) is 24.6 Å². The minimum absolute atomic E-state index is 0.0453. The predicted octanol–water partition coefficient (Wildman–Crippen LogP) is 2.43. The van der Waals surface area contributed by atoms with Gasteiger partial charge in [-0.05, 0) is 40.4 Å². The van der Waals surface area contributed by atoms with Crippen LogP contribution in [0, 0.1) is 6.92 Å². The maximum absolute atomic E-state index is 13.0. The van der Waals surface area contributed by atoms with Crippen molar-refractivity contribution < 1.29 is 4.79 Å². The van der Waals surface area contributed by atoms with Crippen molar-refractivity contribution in [3.8, 4) is 0 Å². The maximum Gasteiger partial charge on any atom is 0.244 e. The number of carbonyl (C=O) groups is 1. The van der Waals surface area contributed by atoms with Gasteiger partial charge in [0.2, 0.25) is 5.91 Å². The van der Waals surface area contributed by atoms with Gasteiger partial charge >= 0.3 is 0 Å². The molecule has 6 heteroatoms. The molecular weight excluding hydrogens is 302 g/mol. The van der Waals surface area contributed by atoms with Crippen LogP contribution < -0.4 is 0 Å². The van der Waals surface area contributed by atoms with Crippen molar-refractivity contribution in [3.63, 3.8) is 0 Å². The number of hydrogen-bond acceptors (Lipinski definition) is 4. The molecule has 1 amide bonds. The summed E-state index contributed by atoms with van der Waals surface area (Å²) in [5.74, 6) is 0.839. The molecule has 1 heterocycles. The molecule has 0 aliphatic rings. The first kappa shape index (κ1) is 18.1. The van der Waals surface area contributed by atoms with Crippen LogP contribution in [0.25, 0.3) is 0 Å². The summed E-state index contributed by atoms with van der Waals surface area (Å²) in [5, 5.41) is 8.13. The summed E-state index contributed by atoms with van der Waals surface area (Å²) in [6.07, 6.45) is 1.71. The monoisotopic (exact) mass is 329 g/mol. The smallest absolute Gasteiger partial charge is 0.244 e. The van der Waals surface area contributed by atoms with Gasteiger partial charge in [-0.15, -0.1) is 10.2 Å². The van der Waals surface area contributed by atoms with E-state index in [4.69, 9.17) is 0 Å². The third kappa shape index (κ3) is 4.00. The number of amides is 1. The van der Waals surface area contributed by atoms with Gasteiger partial charge in [0.25, 0.3) is 0 Å². The van der Waals surface area contributed by atoms with E-state index in [0.29, 0.717) is 6.54 Å². The first-order valence-electron chi connectivity index (χ1n) is 8.17. The van der Waals surface area contributed by atoms with Gasteiger partial charge in [0, 0.05) is 13.1 Å². The Hall–Kier alpha value is -2.21. The van der Waals surface area contributed by atoms with Crippen LogP contribution in [0.2, 0.25) is 0 Å². The molecule has 1 aromatic carbocycles. The van der Waals surface area contributed by atoms with Crippen molar-refractivity contribution in [1.29, 1.82) is 0 Å². The number of aryl methyl sites for hydroxylation is 1. The number of rotatable bonds is 6. The Kier molecular flexibility index (Phi) is 5.72. The van der Waals surface area contributed by atoms with E-state index in [1.54, 1.807) is 11.2 Å². The summed E-state index contributed by atoms with van der Waals surface area (Å²) in [6.45, 7) is 6.62. The van der Waals surface area contributed by atoms with Gasteiger partial charge in [-0.1, -0.05) is 29.8 Å². The Morgan fingerprint density at radius 1 is 1.25 bits per heavy atom. The van der Waals surface area contributed by atoms with Crippen LogP contribution >= 0.6 is 0 Å². The van der Waals surface area contributed by atoms with Crippen LogP contribution in [0.4, 0.5) is 0 Å². The molecule has 2 rings (SSSR count). The van der Waals surface area contributed by atoms with E-state index in [2.05, 4.69) is 30.1 Å². The molecule has 1 atom stereocenters. The quantitative estimate of drug-likeness (QED) is 0.817. The second-order valence-electron chi connectivity index (χ2n) is 6.72. The summed E-state index contributed by atoms with van der Waals surface area (Å²) in [4.78, 5) is 16.7. The van der Waals surface area contributed by atoms with Crippen LogP contribution in [0.15, 0.2) is 30.6 Å². The van der Waals surface area contributed by atoms with Gasteiger partial charge in [0.15, 0.2) is 5.82 Å². The van der Waals surface area contributed by atoms with E-state index in [9.17, 15) is 4.79 Å². The van der Waals surface area contributed by atoms with E-state index in [1.807, 2.05) is 55.7 Å². The SMILES string of the molecule is Cc1cccc(C(C(=O)N(C)Cc2nncn2C(C)C)N(C)C)c1. The van der Waals surface area contributed by atoms with Gasteiger partial charge in [0.1, 0.15) is 12.4 Å². The molecule has 0 bridgehead atoms. The molecule has 1 unspecified atom stereocenters. The number of benzene rings is 1. The second kappa shape index (κ2) is 7.57. The van der Waals surface area contributed by atoms with Crippen LogP contribution in [0.5, 0.6) is 0 Å². The van der Waals surface area contributed by atoms with E-state index in [0.717, 1.165) is 17.0 Å². The highest BCUT2D eigenvalue weighted by molar-refractivity contribution is 5.83. The molecule has 24 heavy (non-hydrogen) atoms. The molecule has 0 radical (unpaired) electrons. The van der Waals surface area contributed by atoms with Crippen LogP contribution in [-0.4, -0.2) is 51.6 Å². The first-order chi connectivity index (χ1) is 11.3. The number of carbonyl (C=O) groups excluding carboxylic acids is 1. The third-order valence-corrected chi connectivity index (χ3v) is 4.07. The largest absolute Gasteiger partial charge is 0.337 e. The van der Waals surface area contributed by atoms with Crippen LogP contribution in [0.1, 0.15) is 42.9 Å². The number of nitrogens with zero attached hydrogens (tertiary/aromatic N) is 5. The van der Waals surface area contributed by atoms with E-state index in [1.165, 1.54) is 0 Å². The van der Waals surface area contributed by atoms with Crippen LogP contribution in [-0.2, 0) is 11.3 Å². The number of hydrogen-bond donors (Lipinski definition) is 0. The Balaban J connectivity index is 2.22. The summed E-state index contributed by atoms with van der Waals surface area (Å²) < 4.78 is 1.99. The first-order valence-corrected chi connectivity index (χ1v) is 8.17. The Morgan fingerprint density at radius 3 is 2.54 bits per heavy atom. The molecule has 0 saturated carbocycles. The average molecular weight is 329 g/mol. The molecule has 130 valence electrons. The maximum atomic E-state index is 13.0. The van der Waals surface area contributed by atoms with E-state index < -0.39 is 0 Å². The molecule has 0 fully saturated rings. The highest BCUT2D eigenvalue weighted by Crippen LogP contribution is 2.22. The molecule has 0 aliphatic heterocycles. The Bertz CT molecular complexity index is 692. The lowest BCUT2D eigenvalue weighted by Gasteiger charge is -2.29. The van der Waals surface area contributed by atoms with Gasteiger partial charge in [-0.25, -0.2) is 0 Å². The summed E-state index contributed by atoms with van der Waals surface area (Å²) in [6, 6.07) is 8.04. The van der Waals surface area contributed by atoms with Crippen molar-refractivity contribution >= 4 is 5.91 Å². The number of likely N-dealkylation sites (N-methyl/N-ethyl adjacent to an activating group) is 2. The lowest BCUT2D eigenvalue weighted by atomic mass is 10.0. The van der Waals surface area contributed by atoms with Gasteiger partial charge in [-0.3, -0.25) is 9.69 Å². The van der Waals surface area contributed by atoms with E-state index in [-0.39, 0.29) is 18.0 Å². The summed E-state index contributed by atoms with van der Waals surface area (Å²) >= 11 is 0. The summed E-state index contributed by atoms with van der Waals surface area (Å²) in [5.41, 5.74) is 2.15. The summed E-state index contributed by atoms with van der Waals surface area (Å²) in [7, 11) is 5.67. The van der Waals surface area contributed by atoms with E-state index >= 15 is 0 Å². The minimum atomic E-state index is -0.315. The average Bonchev–Trinajstić information content (AvgIpc) is 2.95. The molecular formula is C18H27N5O. The highest BCUT2D eigenvalue weighted by Gasteiger charge is 2.27. The Labute approximate surface area is 144 Å². The Morgan fingerprint density at radius 2 is 1.96 bits per heavy atom. The third-order valence-electron chi connectivity index (χ3n) is 4.07. The number of aromatic nitrogens is 3. The zero-order valence-corrected chi connectivity index (χ0v) is 15.4. The normalized spacial score (nSPS) is 12.7. The van der Waals surface area contributed by atoms with Crippen molar-refractivity contribution in [2.24, 2.45) is 0 Å². The van der Waals surface area contributed by atoms with Crippen molar-refractivity contribution in [2.75, 3.05) is 21.1 Å². The van der Waals surface area contributed by atoms with Gasteiger partial charge in [-0.2, -0.15) is 0 Å². The zero-order valence-electron chi connectivity index (χ0n) is 15.4. The molecule has 0 spiro atoms. The van der Waals surface area contributed by atoms with Crippen LogP contribution in [0.3, 0.4) is 0 Å². The fourth-order valence-electron chi connectivity index (χ4n) is 2.81. The second-order valence-corrected chi connectivity index (χ2v) is 6.72. The topological polar surface area (TPSA) is 54.3 Å². The molecule has 0 N–H and O–H groups in total. The van der Waals surface area contributed by atoms with Gasteiger partial charge < -0.3 is 9.47 Å². The molecule has 6 nitrogen and oxygen atoms in total. The zero-order chi connectivity index (χ0) is 17.9. The fraction of sp³-hybridized carbons (Fsp3) is 0.500. The standard InChI is InChI=1S/C18H27N5O/c1-13(2)23-12-19-20-16(23)11-22(6)18(24)17(21(4)5)15-9-7-8-14(3)10-15/h7-10,12-13,17H,11H2,1-6H3. The van der Waals surface area contributed by atoms with Gasteiger partial charge in [0.05, 0.1) is 6.54 Å². The molecule has 1 aromatic heterocycles. The van der Waals surface area contributed by atoms with Crippen molar-refractivity contribution in [2.45, 2.75) is 39.4 Å². The highest BCUT2D eigenvalue weighted by atomic mass is 16.2. The lowest BCUT2D eigenvalue weighted by Crippen LogP contribution is -2.38. The predicted molar refractivity (Wildman–Crippen MR) is 94.5 cm³/mol. The molecule has 0 saturated heterocycles. The van der Waals surface area contributed by atoms with Crippen molar-refractivity contribution in [3.05, 3.63) is 47.5 Å². The minimum Gasteiger partial charge on any atom is -0.337 e. The molecule has 0 aliphatic carbocycles.